The van der Waals surface area contributed by atoms with Gasteiger partial charge in [0, 0.05) is 30.3 Å². The van der Waals surface area contributed by atoms with Crippen LogP contribution in [-0.2, 0) is 4.74 Å². The van der Waals surface area contributed by atoms with Crippen molar-refractivity contribution in [1.82, 2.24) is 15.2 Å². The molecule has 6 nitrogen and oxygen atoms in total. The molecule has 1 unspecified atom stereocenters. The summed E-state index contributed by atoms with van der Waals surface area (Å²) >= 11 is 0. The molecule has 0 amide bonds. The minimum Gasteiger partial charge on any atom is -0.491 e. The third-order valence-corrected chi connectivity index (χ3v) is 4.47. The van der Waals surface area contributed by atoms with Crippen LogP contribution in [0.5, 0.6) is 5.75 Å². The second kappa shape index (κ2) is 7.33. The maximum absolute atomic E-state index is 5.82. The minimum absolute atomic E-state index is 0.136. The van der Waals surface area contributed by atoms with Crippen molar-refractivity contribution in [3.8, 4) is 17.0 Å². The summed E-state index contributed by atoms with van der Waals surface area (Å²) in [5, 5.41) is 12.0. The van der Waals surface area contributed by atoms with Gasteiger partial charge in [-0.2, -0.15) is 5.10 Å². The fourth-order valence-corrected chi connectivity index (χ4v) is 3.26. The highest BCUT2D eigenvalue weighted by Gasteiger charge is 2.15. The Bertz CT molecular complexity index is 884. The second-order valence-corrected chi connectivity index (χ2v) is 6.89. The maximum atomic E-state index is 5.82. The van der Waals surface area contributed by atoms with Crippen LogP contribution in [0.4, 0.5) is 5.82 Å². The van der Waals surface area contributed by atoms with Gasteiger partial charge in [-0.3, -0.25) is 5.10 Å². The van der Waals surface area contributed by atoms with Gasteiger partial charge in [0.2, 0.25) is 0 Å². The Kier molecular flexibility index (Phi) is 4.75. The van der Waals surface area contributed by atoms with E-state index in [0.29, 0.717) is 0 Å². The predicted octanol–water partition coefficient (Wildman–Crippen LogP) is 4.00. The summed E-state index contributed by atoms with van der Waals surface area (Å²) in [5.74, 6) is 1.68. The molecule has 0 spiro atoms. The molecular formula is C20H24N4O2. The number of rotatable bonds is 6. The third-order valence-electron chi connectivity index (χ3n) is 4.47. The number of hydrogen-bond acceptors (Lipinski definition) is 5. The number of nitrogens with one attached hydrogen (secondary N) is 2. The van der Waals surface area contributed by atoms with E-state index in [2.05, 4.69) is 20.5 Å². The average Bonchev–Trinajstić information content (AvgIpc) is 3.29. The lowest BCUT2D eigenvalue weighted by atomic mass is 10.1. The SMILES string of the molecule is CC(C)Oc1ccc2[nH]nc(-c3ccnc(NCC4CCCO4)c3)c2c1. The molecule has 136 valence electrons. The van der Waals surface area contributed by atoms with Gasteiger partial charge in [0.1, 0.15) is 17.3 Å². The first-order chi connectivity index (χ1) is 12.7. The Morgan fingerprint density at radius 2 is 2.23 bits per heavy atom. The molecule has 0 bridgehead atoms. The number of aromatic amines is 1. The summed E-state index contributed by atoms with van der Waals surface area (Å²) < 4.78 is 11.5. The fourth-order valence-electron chi connectivity index (χ4n) is 3.26. The van der Waals surface area contributed by atoms with Crippen LogP contribution < -0.4 is 10.1 Å². The summed E-state index contributed by atoms with van der Waals surface area (Å²) in [6.07, 6.45) is 4.47. The molecule has 1 aliphatic heterocycles. The van der Waals surface area contributed by atoms with Crippen LogP contribution in [0.25, 0.3) is 22.2 Å². The first kappa shape index (κ1) is 16.8. The molecule has 1 aliphatic rings. The van der Waals surface area contributed by atoms with Gasteiger partial charge in [-0.15, -0.1) is 0 Å². The average molecular weight is 352 g/mol. The van der Waals surface area contributed by atoms with Gasteiger partial charge >= 0.3 is 0 Å². The van der Waals surface area contributed by atoms with Gasteiger partial charge < -0.3 is 14.8 Å². The van der Waals surface area contributed by atoms with Crippen molar-refractivity contribution in [2.24, 2.45) is 0 Å². The van der Waals surface area contributed by atoms with Crippen molar-refractivity contribution in [2.45, 2.75) is 38.9 Å². The molecule has 3 aromatic rings. The zero-order valence-electron chi connectivity index (χ0n) is 15.2. The van der Waals surface area contributed by atoms with E-state index in [4.69, 9.17) is 9.47 Å². The highest BCUT2D eigenvalue weighted by molar-refractivity contribution is 5.94. The third kappa shape index (κ3) is 3.65. The highest BCUT2D eigenvalue weighted by atomic mass is 16.5. The molecule has 0 saturated carbocycles. The standard InChI is InChI=1S/C20H24N4O2/c1-13(2)26-15-5-6-18-17(11-15)20(24-23-18)14-7-8-21-19(10-14)22-12-16-4-3-9-25-16/h5-8,10-11,13,16H,3-4,9,12H2,1-2H3,(H,21,22)(H,23,24). The zero-order valence-corrected chi connectivity index (χ0v) is 15.2. The van der Waals surface area contributed by atoms with E-state index in [1.807, 2.05) is 50.4 Å². The Balaban J connectivity index is 1.59. The van der Waals surface area contributed by atoms with Crippen molar-refractivity contribution >= 4 is 16.7 Å². The van der Waals surface area contributed by atoms with Gasteiger partial charge in [0.05, 0.1) is 17.7 Å². The largest absolute Gasteiger partial charge is 0.491 e. The molecule has 1 fully saturated rings. The van der Waals surface area contributed by atoms with Crippen LogP contribution in [0, 0.1) is 0 Å². The first-order valence-corrected chi connectivity index (χ1v) is 9.16. The van der Waals surface area contributed by atoms with E-state index in [1.54, 1.807) is 0 Å². The van der Waals surface area contributed by atoms with E-state index < -0.39 is 0 Å². The van der Waals surface area contributed by atoms with Crippen LogP contribution in [0.1, 0.15) is 26.7 Å². The molecular weight excluding hydrogens is 328 g/mol. The first-order valence-electron chi connectivity index (χ1n) is 9.16. The normalized spacial score (nSPS) is 17.1. The molecule has 1 atom stereocenters. The van der Waals surface area contributed by atoms with Crippen molar-refractivity contribution in [2.75, 3.05) is 18.5 Å². The summed E-state index contributed by atoms with van der Waals surface area (Å²) in [5.41, 5.74) is 2.90. The summed E-state index contributed by atoms with van der Waals surface area (Å²) in [4.78, 5) is 4.42. The van der Waals surface area contributed by atoms with Crippen molar-refractivity contribution in [3.63, 3.8) is 0 Å². The summed E-state index contributed by atoms with van der Waals surface area (Å²) in [7, 11) is 0. The molecule has 3 heterocycles. The molecule has 0 aliphatic carbocycles. The number of fused-ring (bicyclic) bond motifs is 1. The van der Waals surface area contributed by atoms with Crippen molar-refractivity contribution < 1.29 is 9.47 Å². The predicted molar refractivity (Wildman–Crippen MR) is 103 cm³/mol. The van der Waals surface area contributed by atoms with Crippen molar-refractivity contribution in [1.29, 1.82) is 0 Å². The monoisotopic (exact) mass is 352 g/mol. The Morgan fingerprint density at radius 1 is 1.31 bits per heavy atom. The van der Waals surface area contributed by atoms with E-state index in [0.717, 1.165) is 59.7 Å². The lowest BCUT2D eigenvalue weighted by Crippen LogP contribution is -2.18. The molecule has 2 aromatic heterocycles. The summed E-state index contributed by atoms with van der Waals surface area (Å²) in [6, 6.07) is 10.0. The van der Waals surface area contributed by atoms with Gasteiger partial charge in [0.15, 0.2) is 0 Å². The number of anilines is 1. The fraction of sp³-hybridized carbons (Fsp3) is 0.400. The number of benzene rings is 1. The Labute approximate surface area is 152 Å². The lowest BCUT2D eigenvalue weighted by Gasteiger charge is -2.12. The quantitative estimate of drug-likeness (QED) is 0.701. The second-order valence-electron chi connectivity index (χ2n) is 6.89. The van der Waals surface area contributed by atoms with E-state index in [9.17, 15) is 0 Å². The Morgan fingerprint density at radius 3 is 3.04 bits per heavy atom. The number of pyridine rings is 1. The van der Waals surface area contributed by atoms with Crippen LogP contribution in [0.3, 0.4) is 0 Å². The molecule has 4 rings (SSSR count). The topological polar surface area (TPSA) is 72.1 Å². The number of ether oxygens (including phenoxy) is 2. The smallest absolute Gasteiger partial charge is 0.126 e. The van der Waals surface area contributed by atoms with Crippen LogP contribution in [-0.4, -0.2) is 40.5 Å². The number of aromatic nitrogens is 3. The van der Waals surface area contributed by atoms with Gasteiger partial charge in [-0.05, 0) is 57.0 Å². The zero-order chi connectivity index (χ0) is 17.9. The van der Waals surface area contributed by atoms with Gasteiger partial charge in [-0.1, -0.05) is 0 Å². The summed E-state index contributed by atoms with van der Waals surface area (Å²) in [6.45, 7) is 5.69. The van der Waals surface area contributed by atoms with Crippen LogP contribution in [0.2, 0.25) is 0 Å². The molecule has 0 radical (unpaired) electrons. The molecule has 6 heteroatoms. The van der Waals surface area contributed by atoms with Crippen LogP contribution in [0.15, 0.2) is 36.5 Å². The number of hydrogen-bond donors (Lipinski definition) is 2. The van der Waals surface area contributed by atoms with E-state index in [1.165, 1.54) is 0 Å². The maximum Gasteiger partial charge on any atom is 0.126 e. The van der Waals surface area contributed by atoms with E-state index in [-0.39, 0.29) is 12.2 Å². The Hall–Kier alpha value is -2.60. The molecule has 1 saturated heterocycles. The molecule has 26 heavy (non-hydrogen) atoms. The molecule has 1 aromatic carbocycles. The van der Waals surface area contributed by atoms with Crippen molar-refractivity contribution in [3.05, 3.63) is 36.5 Å². The van der Waals surface area contributed by atoms with Gasteiger partial charge in [0.25, 0.3) is 0 Å². The van der Waals surface area contributed by atoms with E-state index >= 15 is 0 Å². The molecule has 2 N–H and O–H groups in total. The minimum atomic E-state index is 0.136. The lowest BCUT2D eigenvalue weighted by molar-refractivity contribution is 0.120. The van der Waals surface area contributed by atoms with Crippen LogP contribution >= 0.6 is 0 Å². The number of H-pyrrole nitrogens is 1. The highest BCUT2D eigenvalue weighted by Crippen LogP contribution is 2.30. The number of nitrogens with zero attached hydrogens (tertiary/aromatic N) is 2. The van der Waals surface area contributed by atoms with Gasteiger partial charge in [-0.25, -0.2) is 4.98 Å².